The Kier molecular flexibility index (Phi) is 4.31. The number of ketones is 1. The van der Waals surface area contributed by atoms with Crippen molar-refractivity contribution < 1.29 is 18.7 Å². The van der Waals surface area contributed by atoms with Crippen molar-refractivity contribution in [3.05, 3.63) is 0 Å². The molecule has 0 aliphatic carbocycles. The Morgan fingerprint density at radius 2 is 1.92 bits per heavy atom. The van der Waals surface area contributed by atoms with E-state index < -0.39 is 30.7 Å². The number of rotatable bonds is 5. The average molecular weight is 180 g/mol. The zero-order chi connectivity index (χ0) is 9.78. The maximum absolute atomic E-state index is 12.1. The summed E-state index contributed by atoms with van der Waals surface area (Å²) in [5.74, 6) is -1.25. The van der Waals surface area contributed by atoms with Crippen LogP contribution in [0.3, 0.4) is 0 Å². The van der Waals surface area contributed by atoms with Gasteiger partial charge in [-0.25, -0.2) is 8.78 Å². The molecular weight excluding hydrogens is 166 g/mol. The summed E-state index contributed by atoms with van der Waals surface area (Å²) in [6, 6.07) is 0. The van der Waals surface area contributed by atoms with Crippen molar-refractivity contribution in [2.75, 3.05) is 13.3 Å². The van der Waals surface area contributed by atoms with Crippen LogP contribution in [0.15, 0.2) is 0 Å². The molecule has 0 radical (unpaired) electrons. The minimum absolute atomic E-state index is 0.473. The average Bonchev–Trinajstić information content (AvgIpc) is 2.14. The van der Waals surface area contributed by atoms with Crippen molar-refractivity contribution in [2.45, 2.75) is 25.9 Å². The van der Waals surface area contributed by atoms with Crippen molar-refractivity contribution in [2.24, 2.45) is 5.92 Å². The Morgan fingerprint density at radius 1 is 1.50 bits per heavy atom. The topological polar surface area (TPSA) is 37.3 Å². The van der Waals surface area contributed by atoms with Crippen LogP contribution in [-0.4, -0.2) is 29.8 Å². The molecule has 1 N–H and O–H groups in total. The fourth-order valence-electron chi connectivity index (χ4n) is 0.811. The number of Topliss-reactive ketones (excluding diaryl/α,β-unsaturated/α-hetero) is 1. The van der Waals surface area contributed by atoms with Gasteiger partial charge in [0, 0.05) is 5.92 Å². The minimum atomic E-state index is -2.41. The van der Waals surface area contributed by atoms with Gasteiger partial charge in [0.1, 0.15) is 13.3 Å². The third-order valence-corrected chi connectivity index (χ3v) is 1.96. The first kappa shape index (κ1) is 11.5. The number of hydrogen-bond donors (Lipinski definition) is 1. The van der Waals surface area contributed by atoms with Gasteiger partial charge in [-0.05, 0) is 6.42 Å². The van der Waals surface area contributed by atoms with Gasteiger partial charge in [0.15, 0.2) is 11.4 Å². The van der Waals surface area contributed by atoms with E-state index in [0.29, 0.717) is 6.42 Å². The van der Waals surface area contributed by atoms with Crippen LogP contribution < -0.4 is 0 Å². The second kappa shape index (κ2) is 4.50. The Hall–Kier alpha value is -0.510. The second-order valence-corrected chi connectivity index (χ2v) is 2.97. The maximum Gasteiger partial charge on any atom is 0.179 e. The lowest BCUT2D eigenvalue weighted by molar-refractivity contribution is -0.144. The third kappa shape index (κ3) is 2.24. The Morgan fingerprint density at radius 3 is 2.17 bits per heavy atom. The number of halogens is 2. The SMILES string of the molecule is CCC(C)C(=O)C(O)(CF)CF. The van der Waals surface area contributed by atoms with E-state index in [0.717, 1.165) is 0 Å². The molecule has 0 fully saturated rings. The van der Waals surface area contributed by atoms with Gasteiger partial charge in [0.05, 0.1) is 0 Å². The van der Waals surface area contributed by atoms with Gasteiger partial charge in [-0.1, -0.05) is 13.8 Å². The van der Waals surface area contributed by atoms with E-state index in [-0.39, 0.29) is 0 Å². The fourth-order valence-corrected chi connectivity index (χ4v) is 0.811. The molecule has 0 heterocycles. The van der Waals surface area contributed by atoms with Crippen LogP contribution in [0.4, 0.5) is 8.78 Å². The van der Waals surface area contributed by atoms with Gasteiger partial charge in [-0.3, -0.25) is 4.79 Å². The van der Waals surface area contributed by atoms with E-state index in [2.05, 4.69) is 0 Å². The quantitative estimate of drug-likeness (QED) is 0.691. The second-order valence-electron chi connectivity index (χ2n) is 2.97. The van der Waals surface area contributed by atoms with Crippen LogP contribution in [0.5, 0.6) is 0 Å². The highest BCUT2D eigenvalue weighted by atomic mass is 19.1. The summed E-state index contributed by atoms with van der Waals surface area (Å²) in [6.45, 7) is 0.553. The summed E-state index contributed by atoms with van der Waals surface area (Å²) in [5.41, 5.74) is -2.41. The van der Waals surface area contributed by atoms with Crippen LogP contribution in [0.25, 0.3) is 0 Å². The van der Waals surface area contributed by atoms with E-state index >= 15 is 0 Å². The molecule has 0 saturated carbocycles. The molecule has 0 amide bonds. The summed E-state index contributed by atoms with van der Waals surface area (Å²) in [6.07, 6.45) is 0.473. The number of alkyl halides is 2. The molecule has 2 nitrogen and oxygen atoms in total. The lowest BCUT2D eigenvalue weighted by Gasteiger charge is -2.22. The van der Waals surface area contributed by atoms with E-state index in [1.807, 2.05) is 0 Å². The summed E-state index contributed by atoms with van der Waals surface area (Å²) < 4.78 is 24.2. The molecule has 0 aromatic rings. The zero-order valence-electron chi connectivity index (χ0n) is 7.31. The highest BCUT2D eigenvalue weighted by molar-refractivity contribution is 5.89. The minimum Gasteiger partial charge on any atom is -0.377 e. The normalized spacial score (nSPS) is 14.4. The summed E-state index contributed by atoms with van der Waals surface area (Å²) in [5, 5.41) is 9.10. The number of aliphatic hydroxyl groups is 1. The highest BCUT2D eigenvalue weighted by Crippen LogP contribution is 2.16. The Labute approximate surface area is 70.6 Å². The van der Waals surface area contributed by atoms with Gasteiger partial charge in [-0.2, -0.15) is 0 Å². The van der Waals surface area contributed by atoms with Crippen LogP contribution in [0.1, 0.15) is 20.3 Å². The molecule has 72 valence electrons. The number of carbonyl (C=O) groups excluding carboxylic acids is 1. The van der Waals surface area contributed by atoms with Gasteiger partial charge in [0.2, 0.25) is 0 Å². The van der Waals surface area contributed by atoms with Crippen molar-refractivity contribution in [3.8, 4) is 0 Å². The van der Waals surface area contributed by atoms with Crippen LogP contribution in [0.2, 0.25) is 0 Å². The van der Waals surface area contributed by atoms with Crippen LogP contribution in [-0.2, 0) is 4.79 Å². The maximum atomic E-state index is 12.1. The summed E-state index contributed by atoms with van der Waals surface area (Å²) in [7, 11) is 0. The zero-order valence-corrected chi connectivity index (χ0v) is 7.31. The fraction of sp³-hybridized carbons (Fsp3) is 0.875. The molecule has 12 heavy (non-hydrogen) atoms. The van der Waals surface area contributed by atoms with Crippen LogP contribution >= 0.6 is 0 Å². The predicted molar refractivity (Wildman–Crippen MR) is 41.4 cm³/mol. The molecule has 0 aromatic heterocycles. The van der Waals surface area contributed by atoms with Gasteiger partial charge in [0.25, 0.3) is 0 Å². The first-order valence-electron chi connectivity index (χ1n) is 3.90. The van der Waals surface area contributed by atoms with Crippen molar-refractivity contribution in [1.82, 2.24) is 0 Å². The number of hydrogen-bond acceptors (Lipinski definition) is 2. The van der Waals surface area contributed by atoms with Crippen molar-refractivity contribution in [1.29, 1.82) is 0 Å². The van der Waals surface area contributed by atoms with E-state index in [1.54, 1.807) is 13.8 Å². The molecule has 0 rings (SSSR count). The standard InChI is InChI=1S/C8H14F2O2/c1-3-6(2)7(11)8(12,4-9)5-10/h6,12H,3-5H2,1-2H3. The van der Waals surface area contributed by atoms with E-state index in [1.165, 1.54) is 0 Å². The van der Waals surface area contributed by atoms with E-state index in [9.17, 15) is 13.6 Å². The molecular formula is C8H14F2O2. The highest BCUT2D eigenvalue weighted by Gasteiger charge is 2.38. The van der Waals surface area contributed by atoms with Crippen molar-refractivity contribution >= 4 is 5.78 Å². The molecule has 0 aliphatic heterocycles. The van der Waals surface area contributed by atoms with Crippen molar-refractivity contribution in [3.63, 3.8) is 0 Å². The molecule has 4 heteroatoms. The van der Waals surface area contributed by atoms with Gasteiger partial charge in [-0.15, -0.1) is 0 Å². The van der Waals surface area contributed by atoms with Gasteiger partial charge < -0.3 is 5.11 Å². The lowest BCUT2D eigenvalue weighted by atomic mass is 9.90. The third-order valence-electron chi connectivity index (χ3n) is 1.96. The Balaban J connectivity index is 4.41. The monoisotopic (exact) mass is 180 g/mol. The summed E-state index contributed by atoms with van der Waals surface area (Å²) in [4.78, 5) is 11.1. The molecule has 1 unspecified atom stereocenters. The lowest BCUT2D eigenvalue weighted by Crippen LogP contribution is -2.46. The first-order valence-corrected chi connectivity index (χ1v) is 3.90. The Bertz CT molecular complexity index is 155. The van der Waals surface area contributed by atoms with E-state index in [4.69, 9.17) is 5.11 Å². The first-order chi connectivity index (χ1) is 5.51. The van der Waals surface area contributed by atoms with Gasteiger partial charge >= 0.3 is 0 Å². The van der Waals surface area contributed by atoms with Crippen LogP contribution in [0, 0.1) is 5.92 Å². The molecule has 0 saturated heterocycles. The smallest absolute Gasteiger partial charge is 0.179 e. The number of carbonyl (C=O) groups is 1. The molecule has 0 spiro atoms. The molecule has 0 bridgehead atoms. The molecule has 0 aliphatic rings. The predicted octanol–water partition coefficient (Wildman–Crippen LogP) is 1.27. The molecule has 0 aromatic carbocycles. The summed E-state index contributed by atoms with van der Waals surface area (Å²) >= 11 is 0. The largest absolute Gasteiger partial charge is 0.377 e. The molecule has 1 atom stereocenters.